The lowest BCUT2D eigenvalue weighted by Crippen LogP contribution is -2.35. The summed E-state index contributed by atoms with van der Waals surface area (Å²) in [6.07, 6.45) is 2.69. The summed E-state index contributed by atoms with van der Waals surface area (Å²) in [6, 6.07) is 12.5. The van der Waals surface area contributed by atoms with Crippen molar-refractivity contribution in [2.75, 3.05) is 45.8 Å². The maximum Gasteiger partial charge on any atom is 0.416 e. The molecule has 0 bridgehead atoms. The smallest absolute Gasteiger partial charge is 0.416 e. The number of halogens is 4. The van der Waals surface area contributed by atoms with Gasteiger partial charge in [-0.3, -0.25) is 29.7 Å². The van der Waals surface area contributed by atoms with Gasteiger partial charge in [-0.05, 0) is 86.8 Å². The van der Waals surface area contributed by atoms with Gasteiger partial charge in [0, 0.05) is 42.7 Å². The Labute approximate surface area is 462 Å². The Bertz CT molecular complexity index is 3630. The number of sulfone groups is 1. The lowest BCUT2D eigenvalue weighted by molar-refractivity contribution is -0.151. The molecule has 1 atom stereocenters. The molecule has 0 radical (unpaired) electrons. The third kappa shape index (κ3) is 18.5. The molecule has 6 rings (SSSR count). The molecule has 0 aliphatic rings. The topological polar surface area (TPSA) is 329 Å². The number of amides is 2. The fourth-order valence-corrected chi connectivity index (χ4v) is 9.71. The fraction of sp³-hybridized carbons (Fsp3) is 0.347. The Morgan fingerprint density at radius 1 is 0.863 bits per heavy atom. The number of sulfonamides is 2. The molecule has 0 saturated carbocycles. The fourth-order valence-electron chi connectivity index (χ4n) is 7.01. The maximum atomic E-state index is 12.9. The summed E-state index contributed by atoms with van der Waals surface area (Å²) >= 11 is 6.13. The number of H-pyrrole nitrogens is 1. The van der Waals surface area contributed by atoms with Gasteiger partial charge in [0.15, 0.2) is 16.4 Å². The van der Waals surface area contributed by atoms with Gasteiger partial charge in [0.1, 0.15) is 21.7 Å². The van der Waals surface area contributed by atoms with Crippen molar-refractivity contribution < 1.29 is 81.3 Å². The van der Waals surface area contributed by atoms with Crippen molar-refractivity contribution in [1.29, 1.82) is 0 Å². The van der Waals surface area contributed by atoms with Crippen LogP contribution in [0.5, 0.6) is 17.5 Å². The Morgan fingerprint density at radius 3 is 2.08 bits per heavy atom. The summed E-state index contributed by atoms with van der Waals surface area (Å²) in [6.45, 7) is 5.10. The number of anilines is 1. The van der Waals surface area contributed by atoms with Crippen LogP contribution in [0.1, 0.15) is 82.6 Å². The van der Waals surface area contributed by atoms with Crippen molar-refractivity contribution in [2.45, 2.75) is 75.1 Å². The minimum Gasteiger partial charge on any atom is -0.481 e. The van der Waals surface area contributed by atoms with Gasteiger partial charge in [-0.15, -0.1) is 0 Å². The molecule has 0 aliphatic heterocycles. The molecule has 3 aromatic carbocycles. The maximum absolute atomic E-state index is 12.9. The molecule has 0 saturated heterocycles. The van der Waals surface area contributed by atoms with Gasteiger partial charge in [-0.2, -0.15) is 23.1 Å². The lowest BCUT2D eigenvalue weighted by Gasteiger charge is -2.14. The second kappa shape index (κ2) is 28.0. The normalized spacial score (nSPS) is 11.9. The Kier molecular flexibility index (Phi) is 22.7. The minimum atomic E-state index is -4.76. The number of ether oxygens (including phenoxy) is 5. The van der Waals surface area contributed by atoms with E-state index < -0.39 is 80.3 Å². The number of carbonyl (C=O) groups excluding carboxylic acids is 4. The van der Waals surface area contributed by atoms with Crippen molar-refractivity contribution in [3.8, 4) is 17.5 Å². The van der Waals surface area contributed by atoms with Crippen molar-refractivity contribution >= 4 is 82.1 Å². The van der Waals surface area contributed by atoms with E-state index in [-0.39, 0.29) is 65.3 Å². The lowest BCUT2D eigenvalue weighted by atomic mass is 10.0. The number of methoxy groups -OCH3 is 3. The number of alkyl halides is 3. The summed E-state index contributed by atoms with van der Waals surface area (Å²) in [5, 5.41) is 6.10. The first-order valence-corrected chi connectivity index (χ1v) is 29.0. The van der Waals surface area contributed by atoms with Crippen molar-refractivity contribution in [3.63, 3.8) is 0 Å². The van der Waals surface area contributed by atoms with Gasteiger partial charge >= 0.3 is 24.1 Å². The first kappa shape index (κ1) is 64.9. The van der Waals surface area contributed by atoms with Gasteiger partial charge in [-0.25, -0.2) is 49.1 Å². The van der Waals surface area contributed by atoms with E-state index in [4.69, 9.17) is 30.5 Å². The average molecular weight is 1200 g/mol. The molecule has 434 valence electrons. The number of nitrogens with zero attached hydrogens (tertiary/aromatic N) is 4. The summed E-state index contributed by atoms with van der Waals surface area (Å²) < 4.78 is 141. The first-order valence-electron chi connectivity index (χ1n) is 23.4. The highest BCUT2D eigenvalue weighted by molar-refractivity contribution is 7.91. The van der Waals surface area contributed by atoms with Crippen LogP contribution >= 0.6 is 11.6 Å². The van der Waals surface area contributed by atoms with E-state index in [1.807, 2.05) is 19.1 Å². The summed E-state index contributed by atoms with van der Waals surface area (Å²) in [4.78, 5) is 71.3. The van der Waals surface area contributed by atoms with Crippen molar-refractivity contribution in [1.82, 2.24) is 34.2 Å². The predicted octanol–water partition coefficient (Wildman–Crippen LogP) is 6.29. The summed E-state index contributed by atoms with van der Waals surface area (Å²) in [7, 11) is -7.30. The van der Waals surface area contributed by atoms with Crippen molar-refractivity contribution in [3.05, 3.63) is 122 Å². The third-order valence-electron chi connectivity index (χ3n) is 10.8. The minimum absolute atomic E-state index is 0.0408. The largest absolute Gasteiger partial charge is 0.481 e. The van der Waals surface area contributed by atoms with E-state index in [0.29, 0.717) is 34.7 Å². The number of hydrogen-bond acceptors (Lipinski definition) is 19. The van der Waals surface area contributed by atoms with Crippen molar-refractivity contribution in [2.24, 2.45) is 7.05 Å². The van der Waals surface area contributed by atoms with Crippen LogP contribution in [0.25, 0.3) is 10.9 Å². The zero-order chi connectivity index (χ0) is 59.9. The van der Waals surface area contributed by atoms with E-state index in [1.54, 1.807) is 23.1 Å². The predicted molar refractivity (Wildman–Crippen MR) is 285 cm³/mol. The Hall–Kier alpha value is -7.67. The highest BCUT2D eigenvalue weighted by Crippen LogP contribution is 2.33. The molecule has 1 unspecified atom stereocenters. The van der Waals surface area contributed by atoms with E-state index in [9.17, 15) is 62.4 Å². The molecule has 0 spiro atoms. The highest BCUT2D eigenvalue weighted by Gasteiger charge is 2.34. The number of fused-ring (bicyclic) bond motifs is 1. The number of aryl methyl sites for hydroxylation is 2. The number of aromatic amines is 1. The van der Waals surface area contributed by atoms with Crippen LogP contribution in [-0.2, 0) is 63.9 Å². The molecule has 2 amide bonds. The van der Waals surface area contributed by atoms with Crippen LogP contribution < -0.4 is 34.5 Å². The van der Waals surface area contributed by atoms with Crippen LogP contribution in [0.2, 0.25) is 5.02 Å². The number of ketones is 1. The monoisotopic (exact) mass is 1200 g/mol. The second-order valence-corrected chi connectivity index (χ2v) is 22.9. The number of benzene rings is 3. The van der Waals surface area contributed by atoms with E-state index in [0.717, 1.165) is 67.3 Å². The van der Waals surface area contributed by atoms with E-state index >= 15 is 0 Å². The molecule has 3 aromatic heterocycles. The quantitative estimate of drug-likeness (QED) is 0.0370. The zero-order valence-electron chi connectivity index (χ0n) is 44.3. The molecule has 3 heterocycles. The van der Waals surface area contributed by atoms with Crippen LogP contribution in [0.4, 0.5) is 23.9 Å². The van der Waals surface area contributed by atoms with E-state index in [1.165, 1.54) is 40.3 Å². The standard InChI is InChI=1S/C18H22ClNO3.C17H21N5O9S2.C14H13F3N2O4S/c1-3-4-5-7-13(2)23-17(21)12-22-16-10-9-15(19)14-8-6-11-20-18(14)16;1-29-13-8-14(30-2)20-16(19-13)21-17(24)22-33(27,28)12-7-10(9-18-32(4,25)26)5-6-11(12)15(23)31-3;1-7-11(13(21)19(2)18-7)12(20)9-5-4-8(14(15,16)17)6-10(9)24(3,22)23/h6,8-11,13H,3-5,7,12H2,1-2H3;5-8,18H,9H2,1-4H3,(H2,19,20,21,22,24);4-6,18H,1-3H3. The molecule has 6 aromatic rings. The van der Waals surface area contributed by atoms with Gasteiger partial charge < -0.3 is 23.7 Å². The number of urea groups is 1. The van der Waals surface area contributed by atoms with E-state index in [2.05, 4.69) is 41.8 Å². The number of nitrogens with one attached hydrogen (secondary N) is 4. The number of aromatic nitrogens is 5. The molecule has 80 heavy (non-hydrogen) atoms. The van der Waals surface area contributed by atoms with Crippen LogP contribution in [-0.4, -0.2) is 120 Å². The number of pyridine rings is 1. The first-order chi connectivity index (χ1) is 37.3. The molecule has 31 heteroatoms. The average Bonchev–Trinajstić information content (AvgIpc) is 3.65. The zero-order valence-corrected chi connectivity index (χ0v) is 47.5. The van der Waals surface area contributed by atoms with Crippen LogP contribution in [0, 0.1) is 6.92 Å². The molecule has 4 N–H and O–H groups in total. The van der Waals surface area contributed by atoms with Gasteiger partial charge in [0.05, 0.1) is 60.8 Å². The number of unbranched alkanes of at least 4 members (excludes halogenated alkanes) is 2. The Morgan fingerprint density at radius 2 is 1.51 bits per heavy atom. The van der Waals surface area contributed by atoms with Crippen LogP contribution in [0.3, 0.4) is 0 Å². The number of esters is 2. The number of rotatable bonds is 20. The molecule has 0 fully saturated rings. The molecule has 0 aliphatic carbocycles. The third-order valence-corrected chi connectivity index (χ3v) is 14.3. The van der Waals surface area contributed by atoms with Gasteiger partial charge in [-0.1, -0.05) is 37.4 Å². The highest BCUT2D eigenvalue weighted by atomic mass is 35.5. The van der Waals surface area contributed by atoms with Crippen LogP contribution in [0.15, 0.2) is 87.5 Å². The number of carbonyl (C=O) groups is 4. The Balaban J connectivity index is 0.000000264. The van der Waals surface area contributed by atoms with Gasteiger partial charge in [0.25, 0.3) is 15.6 Å². The second-order valence-electron chi connectivity index (χ2n) is 17.1. The SMILES string of the molecule is CCCCCC(C)OC(=O)COc1ccc(Cl)c2cccnc12.COC(=O)c1ccc(CNS(C)(=O)=O)cc1S(=O)(=O)NC(=O)Nc1nc(OC)cc(OC)n1.Cc1[nH]n(C)c(=O)c1C(=O)c1ccc(C(F)(F)F)cc1S(C)(=O)=O. The molecule has 24 nitrogen and oxygen atoms in total. The molecular weight excluding hydrogens is 1150 g/mol. The molecular formula is C49H56ClF3N8O16S3. The van der Waals surface area contributed by atoms with Gasteiger partial charge in [0.2, 0.25) is 33.5 Å². The summed E-state index contributed by atoms with van der Waals surface area (Å²) in [5.74, 6) is -2.02. The number of hydrogen-bond donors (Lipinski definition) is 4. The summed E-state index contributed by atoms with van der Waals surface area (Å²) in [5.41, 5.74) is -2.03.